The first-order chi connectivity index (χ1) is 12.3. The number of hydrogen-bond acceptors (Lipinski definition) is 4. The van der Waals surface area contributed by atoms with Gasteiger partial charge in [-0.25, -0.2) is 0 Å². The molecule has 142 valence electrons. The normalized spacial score (nSPS) is 19.3. The van der Waals surface area contributed by atoms with Crippen LogP contribution in [0, 0.1) is 13.8 Å². The first-order valence-corrected chi connectivity index (χ1v) is 9.33. The van der Waals surface area contributed by atoms with Crippen molar-refractivity contribution in [2.24, 2.45) is 0 Å². The number of rotatable bonds is 5. The lowest BCUT2D eigenvalue weighted by molar-refractivity contribution is -0.126. The molecule has 2 fully saturated rings. The molecule has 1 unspecified atom stereocenters. The Morgan fingerprint density at radius 1 is 1.12 bits per heavy atom. The zero-order chi connectivity index (χ0) is 19.0. The zero-order valence-electron chi connectivity index (χ0n) is 16.0. The second-order valence-electron chi connectivity index (χ2n) is 7.47. The van der Waals surface area contributed by atoms with Gasteiger partial charge in [-0.2, -0.15) is 0 Å². The highest BCUT2D eigenvalue weighted by molar-refractivity contribution is 6.02. The van der Waals surface area contributed by atoms with Crippen molar-refractivity contribution in [3.05, 3.63) is 22.5 Å². The molecular formula is C19H28N4O3. The predicted molar refractivity (Wildman–Crippen MR) is 98.4 cm³/mol. The Balaban J connectivity index is 1.61. The lowest BCUT2D eigenvalue weighted by atomic mass is 10.1. The number of nitrogens with one attached hydrogen (secondary N) is 2. The van der Waals surface area contributed by atoms with E-state index in [1.165, 1.54) is 6.92 Å². The van der Waals surface area contributed by atoms with Crippen LogP contribution >= 0.6 is 0 Å². The molecule has 1 aliphatic heterocycles. The average Bonchev–Trinajstić information content (AvgIpc) is 3.36. The summed E-state index contributed by atoms with van der Waals surface area (Å²) in [6.07, 6.45) is 2.16. The summed E-state index contributed by atoms with van der Waals surface area (Å²) < 4.78 is 0. The highest BCUT2D eigenvalue weighted by Gasteiger charge is 2.32. The molecule has 0 radical (unpaired) electrons. The van der Waals surface area contributed by atoms with Gasteiger partial charge in [0.2, 0.25) is 5.91 Å². The largest absolute Gasteiger partial charge is 0.354 e. The Bertz CT molecular complexity index is 727. The van der Waals surface area contributed by atoms with Crippen molar-refractivity contribution in [3.63, 3.8) is 0 Å². The Morgan fingerprint density at radius 2 is 1.73 bits per heavy atom. The molecule has 2 aliphatic rings. The van der Waals surface area contributed by atoms with Crippen molar-refractivity contribution in [1.29, 1.82) is 0 Å². The van der Waals surface area contributed by atoms with Gasteiger partial charge in [0.1, 0.15) is 5.69 Å². The number of carbonyl (C=O) groups excluding carboxylic acids is 3. The first kappa shape index (κ1) is 18.6. The molecule has 1 aliphatic carbocycles. The molecule has 2 heterocycles. The van der Waals surface area contributed by atoms with Crippen molar-refractivity contribution in [2.45, 2.75) is 52.6 Å². The van der Waals surface area contributed by atoms with Gasteiger partial charge in [0.25, 0.3) is 5.91 Å². The monoisotopic (exact) mass is 360 g/mol. The molecule has 7 heteroatoms. The number of H-pyrrole nitrogens is 1. The van der Waals surface area contributed by atoms with Gasteiger partial charge in [0, 0.05) is 43.5 Å². The minimum Gasteiger partial charge on any atom is -0.354 e. The lowest BCUT2D eigenvalue weighted by Crippen LogP contribution is -2.55. The molecule has 1 aromatic rings. The summed E-state index contributed by atoms with van der Waals surface area (Å²) in [5.41, 5.74) is 2.57. The maximum Gasteiger partial charge on any atom is 0.270 e. The van der Waals surface area contributed by atoms with Crippen LogP contribution in [0.4, 0.5) is 0 Å². The fraction of sp³-hybridized carbons (Fsp3) is 0.632. The van der Waals surface area contributed by atoms with Gasteiger partial charge in [0.05, 0.1) is 6.04 Å². The minimum absolute atomic E-state index is 0.0318. The number of carbonyl (C=O) groups is 3. The second kappa shape index (κ2) is 7.23. The quantitative estimate of drug-likeness (QED) is 0.774. The number of aryl methyl sites for hydroxylation is 1. The second-order valence-corrected chi connectivity index (χ2v) is 7.47. The number of amides is 2. The Morgan fingerprint density at radius 3 is 2.23 bits per heavy atom. The number of piperazine rings is 1. The van der Waals surface area contributed by atoms with E-state index >= 15 is 0 Å². The average molecular weight is 360 g/mol. The molecule has 0 bridgehead atoms. The third kappa shape index (κ3) is 3.67. The summed E-state index contributed by atoms with van der Waals surface area (Å²) in [5.74, 6) is -0.0299. The lowest BCUT2D eigenvalue weighted by Gasteiger charge is -2.37. The molecule has 3 rings (SSSR count). The number of hydrogen-bond donors (Lipinski definition) is 2. The van der Waals surface area contributed by atoms with Crippen LogP contribution < -0.4 is 5.32 Å². The number of aromatic nitrogens is 1. The first-order valence-electron chi connectivity index (χ1n) is 9.33. The third-order valence-electron chi connectivity index (χ3n) is 5.46. The summed E-state index contributed by atoms with van der Waals surface area (Å²) in [4.78, 5) is 43.8. The van der Waals surface area contributed by atoms with Crippen LogP contribution in [0.15, 0.2) is 0 Å². The van der Waals surface area contributed by atoms with Crippen molar-refractivity contribution < 1.29 is 14.4 Å². The highest BCUT2D eigenvalue weighted by Crippen LogP contribution is 2.21. The van der Waals surface area contributed by atoms with Gasteiger partial charge in [-0.3, -0.25) is 19.3 Å². The molecule has 2 amide bonds. The molecule has 0 spiro atoms. The van der Waals surface area contributed by atoms with Crippen LogP contribution in [0.3, 0.4) is 0 Å². The smallest absolute Gasteiger partial charge is 0.270 e. The number of nitrogens with zero attached hydrogens (tertiary/aromatic N) is 2. The fourth-order valence-corrected chi connectivity index (χ4v) is 3.68. The van der Waals surface area contributed by atoms with Crippen LogP contribution in [0.25, 0.3) is 0 Å². The van der Waals surface area contributed by atoms with E-state index in [1.807, 2.05) is 20.8 Å². The predicted octanol–water partition coefficient (Wildman–Crippen LogP) is 1.26. The standard InChI is InChI=1S/C19H28N4O3/c1-11-16(14(4)24)12(2)20-17(11)19(26)23-9-7-22(8-10-23)13(3)18(25)21-15-5-6-15/h13,15,20H,5-10H2,1-4H3,(H,21,25). The van der Waals surface area contributed by atoms with Crippen LogP contribution in [-0.2, 0) is 4.79 Å². The van der Waals surface area contributed by atoms with Gasteiger partial charge >= 0.3 is 0 Å². The van der Waals surface area contributed by atoms with Crippen molar-refractivity contribution in [3.8, 4) is 0 Å². The molecule has 26 heavy (non-hydrogen) atoms. The SMILES string of the molecule is CC(=O)c1c(C)[nH]c(C(=O)N2CCN(C(C)C(=O)NC3CC3)CC2)c1C. The zero-order valence-corrected chi connectivity index (χ0v) is 16.0. The molecule has 2 N–H and O–H groups in total. The highest BCUT2D eigenvalue weighted by atomic mass is 16.2. The van der Waals surface area contributed by atoms with Crippen LogP contribution in [0.5, 0.6) is 0 Å². The molecule has 7 nitrogen and oxygen atoms in total. The van der Waals surface area contributed by atoms with Gasteiger partial charge in [-0.1, -0.05) is 0 Å². The number of Topliss-reactive ketones (excluding diaryl/α,β-unsaturated/α-hetero) is 1. The van der Waals surface area contributed by atoms with E-state index in [9.17, 15) is 14.4 Å². The fourth-order valence-electron chi connectivity index (χ4n) is 3.68. The summed E-state index contributed by atoms with van der Waals surface area (Å²) in [6, 6.07) is 0.189. The molecular weight excluding hydrogens is 332 g/mol. The number of aromatic amines is 1. The Hall–Kier alpha value is -2.15. The van der Waals surface area contributed by atoms with E-state index in [1.54, 1.807) is 4.90 Å². The van der Waals surface area contributed by atoms with Gasteiger partial charge in [-0.05, 0) is 46.1 Å². The van der Waals surface area contributed by atoms with E-state index in [-0.39, 0.29) is 23.6 Å². The van der Waals surface area contributed by atoms with E-state index in [0.717, 1.165) is 24.1 Å². The van der Waals surface area contributed by atoms with E-state index in [0.29, 0.717) is 43.5 Å². The number of ketones is 1. The van der Waals surface area contributed by atoms with Crippen LogP contribution in [0.2, 0.25) is 0 Å². The van der Waals surface area contributed by atoms with E-state index in [2.05, 4.69) is 15.2 Å². The Labute approximate surface area is 154 Å². The molecule has 1 aromatic heterocycles. The van der Waals surface area contributed by atoms with Gasteiger partial charge in [0.15, 0.2) is 5.78 Å². The maximum absolute atomic E-state index is 12.9. The van der Waals surface area contributed by atoms with Crippen molar-refractivity contribution in [1.82, 2.24) is 20.1 Å². The van der Waals surface area contributed by atoms with E-state index < -0.39 is 0 Å². The summed E-state index contributed by atoms with van der Waals surface area (Å²) in [6.45, 7) is 9.57. The third-order valence-corrected chi connectivity index (χ3v) is 5.46. The molecule has 0 aromatic carbocycles. The van der Waals surface area contributed by atoms with Crippen LogP contribution in [0.1, 0.15) is 58.8 Å². The van der Waals surface area contributed by atoms with E-state index in [4.69, 9.17) is 0 Å². The summed E-state index contributed by atoms with van der Waals surface area (Å²) in [5, 5.41) is 3.04. The molecule has 1 atom stereocenters. The topological polar surface area (TPSA) is 85.5 Å². The Kier molecular flexibility index (Phi) is 5.18. The van der Waals surface area contributed by atoms with Crippen LogP contribution in [-0.4, -0.2) is 70.6 Å². The summed E-state index contributed by atoms with van der Waals surface area (Å²) in [7, 11) is 0. The van der Waals surface area contributed by atoms with Gasteiger partial charge in [-0.15, -0.1) is 0 Å². The molecule has 1 saturated carbocycles. The van der Waals surface area contributed by atoms with Gasteiger partial charge < -0.3 is 15.2 Å². The minimum atomic E-state index is -0.174. The molecule has 1 saturated heterocycles. The maximum atomic E-state index is 12.9. The van der Waals surface area contributed by atoms with Crippen molar-refractivity contribution in [2.75, 3.05) is 26.2 Å². The van der Waals surface area contributed by atoms with Crippen molar-refractivity contribution >= 4 is 17.6 Å². The summed E-state index contributed by atoms with van der Waals surface area (Å²) >= 11 is 0.